The summed E-state index contributed by atoms with van der Waals surface area (Å²) in [4.78, 5) is 11.5. The van der Waals surface area contributed by atoms with E-state index in [0.29, 0.717) is 0 Å². The summed E-state index contributed by atoms with van der Waals surface area (Å²) in [7, 11) is 0. The molecule has 2 nitrogen and oxygen atoms in total. The van der Waals surface area contributed by atoms with Gasteiger partial charge in [-0.1, -0.05) is 108 Å². The van der Waals surface area contributed by atoms with Crippen LogP contribution in [-0.2, 0) is 4.79 Å². The summed E-state index contributed by atoms with van der Waals surface area (Å²) < 4.78 is 0. The first-order chi connectivity index (χ1) is 12.8. The van der Waals surface area contributed by atoms with Crippen molar-refractivity contribution in [2.75, 3.05) is 0 Å². The second kappa shape index (κ2) is 16.4. The molecule has 0 radical (unpaired) electrons. The van der Waals surface area contributed by atoms with Crippen molar-refractivity contribution in [1.29, 1.82) is 0 Å². The minimum absolute atomic E-state index is 0.201. The van der Waals surface area contributed by atoms with E-state index in [9.17, 15) is 9.90 Å². The van der Waals surface area contributed by atoms with Gasteiger partial charge in [0.15, 0.2) is 0 Å². The lowest BCUT2D eigenvalue weighted by Crippen LogP contribution is -2.17. The van der Waals surface area contributed by atoms with Crippen LogP contribution in [0, 0.1) is 5.92 Å². The molecule has 1 N–H and O–H groups in total. The van der Waals surface area contributed by atoms with Gasteiger partial charge in [0, 0.05) is 0 Å². The van der Waals surface area contributed by atoms with Gasteiger partial charge in [-0.2, -0.15) is 0 Å². The average molecular weight is 365 g/mol. The second-order valence-electron chi connectivity index (χ2n) is 8.30. The molecule has 152 valence electrons. The van der Waals surface area contributed by atoms with Crippen LogP contribution in [0.5, 0.6) is 0 Å². The Morgan fingerprint density at radius 3 is 1.77 bits per heavy atom. The molecule has 0 aromatic rings. The SMILES string of the molecule is CCCCCCCCCCCCCCCCC(C(=O)O)C1=CCCCC1. The fourth-order valence-electron chi connectivity index (χ4n) is 4.19. The minimum Gasteiger partial charge on any atom is -0.481 e. The Hall–Kier alpha value is -0.790. The van der Waals surface area contributed by atoms with Crippen LogP contribution in [0.2, 0.25) is 0 Å². The number of hydrogen-bond acceptors (Lipinski definition) is 1. The highest BCUT2D eigenvalue weighted by atomic mass is 16.4. The van der Waals surface area contributed by atoms with Gasteiger partial charge in [0.05, 0.1) is 5.92 Å². The molecule has 0 heterocycles. The number of carboxylic acids is 1. The first-order valence-electron chi connectivity index (χ1n) is 11.7. The third kappa shape index (κ3) is 11.8. The standard InChI is InChI=1S/C24H44O2/c1-2-3-4-5-6-7-8-9-10-11-12-13-14-18-21-23(24(25)26)22-19-16-15-17-20-22/h19,23H,2-18,20-21H2,1H3,(H,25,26). The van der Waals surface area contributed by atoms with Crippen molar-refractivity contribution in [3.05, 3.63) is 11.6 Å². The molecule has 0 aliphatic heterocycles. The summed E-state index contributed by atoms with van der Waals surface area (Å²) in [5.41, 5.74) is 1.21. The van der Waals surface area contributed by atoms with E-state index in [1.165, 1.54) is 102 Å². The van der Waals surface area contributed by atoms with E-state index in [0.717, 1.165) is 25.7 Å². The van der Waals surface area contributed by atoms with E-state index < -0.39 is 5.97 Å². The van der Waals surface area contributed by atoms with Crippen molar-refractivity contribution >= 4 is 5.97 Å². The molecule has 0 fully saturated rings. The van der Waals surface area contributed by atoms with Gasteiger partial charge in [0.1, 0.15) is 0 Å². The van der Waals surface area contributed by atoms with Crippen LogP contribution >= 0.6 is 0 Å². The molecule has 1 unspecified atom stereocenters. The molecule has 0 spiro atoms. The lowest BCUT2D eigenvalue weighted by molar-refractivity contribution is -0.140. The third-order valence-electron chi connectivity index (χ3n) is 5.92. The van der Waals surface area contributed by atoms with Gasteiger partial charge in [-0.25, -0.2) is 0 Å². The van der Waals surface area contributed by atoms with Gasteiger partial charge >= 0.3 is 5.97 Å². The van der Waals surface area contributed by atoms with Crippen molar-refractivity contribution in [2.45, 2.75) is 129 Å². The van der Waals surface area contributed by atoms with Crippen molar-refractivity contribution in [2.24, 2.45) is 5.92 Å². The molecule has 26 heavy (non-hydrogen) atoms. The maximum Gasteiger partial charge on any atom is 0.310 e. The van der Waals surface area contributed by atoms with Gasteiger partial charge in [0.25, 0.3) is 0 Å². The fourth-order valence-corrected chi connectivity index (χ4v) is 4.19. The van der Waals surface area contributed by atoms with Gasteiger partial charge in [-0.05, 0) is 32.1 Å². The van der Waals surface area contributed by atoms with Crippen molar-refractivity contribution in [1.82, 2.24) is 0 Å². The number of allylic oxidation sites excluding steroid dienone is 1. The Morgan fingerprint density at radius 1 is 0.846 bits per heavy atom. The summed E-state index contributed by atoms with van der Waals surface area (Å²) in [6.45, 7) is 2.28. The smallest absolute Gasteiger partial charge is 0.310 e. The zero-order valence-corrected chi connectivity index (χ0v) is 17.4. The van der Waals surface area contributed by atoms with Gasteiger partial charge in [-0.15, -0.1) is 0 Å². The van der Waals surface area contributed by atoms with Crippen LogP contribution in [0.1, 0.15) is 129 Å². The molecule has 0 aromatic carbocycles. The van der Waals surface area contributed by atoms with E-state index in [1.54, 1.807) is 0 Å². The monoisotopic (exact) mass is 364 g/mol. The zero-order valence-electron chi connectivity index (χ0n) is 17.4. The number of rotatable bonds is 17. The van der Waals surface area contributed by atoms with E-state index in [1.807, 2.05) is 0 Å². The van der Waals surface area contributed by atoms with Crippen molar-refractivity contribution in [3.63, 3.8) is 0 Å². The molecule has 0 saturated carbocycles. The Labute approximate surface area is 162 Å². The predicted octanol–water partition coefficient (Wildman–Crippen LogP) is 8.06. The van der Waals surface area contributed by atoms with E-state index >= 15 is 0 Å². The van der Waals surface area contributed by atoms with Crippen molar-refractivity contribution < 1.29 is 9.90 Å². The maximum absolute atomic E-state index is 11.5. The summed E-state index contributed by atoms with van der Waals surface area (Å²) in [5, 5.41) is 9.49. The van der Waals surface area contributed by atoms with Crippen molar-refractivity contribution in [3.8, 4) is 0 Å². The molecule has 1 rings (SSSR count). The topological polar surface area (TPSA) is 37.3 Å². The number of unbranched alkanes of at least 4 members (excludes halogenated alkanes) is 13. The maximum atomic E-state index is 11.5. The summed E-state index contributed by atoms with van der Waals surface area (Å²) in [6, 6.07) is 0. The Bertz CT molecular complexity index is 372. The summed E-state index contributed by atoms with van der Waals surface area (Å²) in [5.74, 6) is -0.805. The lowest BCUT2D eigenvalue weighted by Gasteiger charge is -2.19. The normalized spacial score (nSPS) is 15.7. The molecule has 1 aliphatic carbocycles. The highest BCUT2D eigenvalue weighted by molar-refractivity contribution is 5.73. The fraction of sp³-hybridized carbons (Fsp3) is 0.875. The molecule has 0 aromatic heterocycles. The van der Waals surface area contributed by atoms with Crippen LogP contribution < -0.4 is 0 Å². The number of hydrogen-bond donors (Lipinski definition) is 1. The predicted molar refractivity (Wildman–Crippen MR) is 113 cm³/mol. The first-order valence-corrected chi connectivity index (χ1v) is 11.7. The largest absolute Gasteiger partial charge is 0.481 e. The Kier molecular flexibility index (Phi) is 14.7. The van der Waals surface area contributed by atoms with Crippen LogP contribution in [0.15, 0.2) is 11.6 Å². The summed E-state index contributed by atoms with van der Waals surface area (Å²) >= 11 is 0. The third-order valence-corrected chi connectivity index (χ3v) is 5.92. The molecule has 2 heteroatoms. The second-order valence-corrected chi connectivity index (χ2v) is 8.30. The van der Waals surface area contributed by atoms with Gasteiger partial charge in [0.2, 0.25) is 0 Å². The molecule has 0 saturated heterocycles. The number of carbonyl (C=O) groups is 1. The van der Waals surface area contributed by atoms with Crippen LogP contribution in [-0.4, -0.2) is 11.1 Å². The van der Waals surface area contributed by atoms with E-state index in [2.05, 4.69) is 13.0 Å². The first kappa shape index (κ1) is 23.2. The molecule has 1 aliphatic rings. The van der Waals surface area contributed by atoms with Gasteiger partial charge in [-0.3, -0.25) is 4.79 Å². The Balaban J connectivity index is 1.90. The highest BCUT2D eigenvalue weighted by Gasteiger charge is 2.22. The van der Waals surface area contributed by atoms with Crippen LogP contribution in [0.4, 0.5) is 0 Å². The van der Waals surface area contributed by atoms with E-state index in [4.69, 9.17) is 0 Å². The van der Waals surface area contributed by atoms with Crippen LogP contribution in [0.3, 0.4) is 0 Å². The molecule has 0 bridgehead atoms. The minimum atomic E-state index is -0.604. The quantitative estimate of drug-likeness (QED) is 0.209. The average Bonchev–Trinajstić information content (AvgIpc) is 2.65. The van der Waals surface area contributed by atoms with E-state index in [-0.39, 0.29) is 5.92 Å². The molecular weight excluding hydrogens is 320 g/mol. The number of carboxylic acid groups (broad SMARTS) is 1. The summed E-state index contributed by atoms with van der Waals surface area (Å²) in [6.07, 6.45) is 26.5. The van der Waals surface area contributed by atoms with Crippen LogP contribution in [0.25, 0.3) is 0 Å². The lowest BCUT2D eigenvalue weighted by atomic mass is 9.86. The Morgan fingerprint density at radius 2 is 1.35 bits per heavy atom. The van der Waals surface area contributed by atoms with Gasteiger partial charge < -0.3 is 5.11 Å². The highest BCUT2D eigenvalue weighted by Crippen LogP contribution is 2.28. The molecule has 0 amide bonds. The molecule has 1 atom stereocenters. The number of aliphatic carboxylic acids is 1. The zero-order chi connectivity index (χ0) is 18.9. The molecular formula is C24H44O2.